The first-order valence-electron chi connectivity index (χ1n) is 9.97. The summed E-state index contributed by atoms with van der Waals surface area (Å²) in [5, 5.41) is 5.21. The molecule has 4 amide bonds. The molecule has 0 unspecified atom stereocenters. The van der Waals surface area contributed by atoms with E-state index in [1.807, 2.05) is 54.1 Å². The minimum atomic E-state index is -0.629. The molecular weight excluding hydrogens is 408 g/mol. The van der Waals surface area contributed by atoms with Crippen molar-refractivity contribution in [2.24, 2.45) is 0 Å². The zero-order valence-electron chi connectivity index (χ0n) is 17.7. The van der Waals surface area contributed by atoms with Gasteiger partial charge in [-0.1, -0.05) is 18.2 Å². The van der Waals surface area contributed by atoms with Gasteiger partial charge in [-0.25, -0.2) is 9.69 Å². The quantitative estimate of drug-likeness (QED) is 0.464. The number of para-hydroxylation sites is 1. The third-order valence-electron chi connectivity index (χ3n) is 5.02. The number of methoxy groups -OCH3 is 1. The molecule has 1 aromatic heterocycles. The van der Waals surface area contributed by atoms with Gasteiger partial charge in [-0.3, -0.25) is 9.59 Å². The van der Waals surface area contributed by atoms with Gasteiger partial charge >= 0.3 is 6.03 Å². The van der Waals surface area contributed by atoms with Crippen LogP contribution in [-0.2, 0) is 9.59 Å². The first-order chi connectivity index (χ1) is 15.4. The number of urea groups is 1. The maximum absolute atomic E-state index is 12.7. The van der Waals surface area contributed by atoms with Crippen molar-refractivity contribution in [3.05, 3.63) is 83.8 Å². The Kier molecular flexibility index (Phi) is 5.76. The van der Waals surface area contributed by atoms with Crippen LogP contribution in [0.2, 0.25) is 0 Å². The minimum absolute atomic E-state index is 0.120. The molecular formula is C24H22N4O4. The van der Waals surface area contributed by atoms with E-state index < -0.39 is 17.8 Å². The number of carbonyl (C=O) groups is 3. The van der Waals surface area contributed by atoms with E-state index in [2.05, 4.69) is 10.6 Å². The largest absolute Gasteiger partial charge is 0.497 e. The van der Waals surface area contributed by atoms with Crippen LogP contribution < -0.4 is 15.4 Å². The molecule has 0 atom stereocenters. The average molecular weight is 430 g/mol. The van der Waals surface area contributed by atoms with Crippen LogP contribution in [0.5, 0.6) is 5.75 Å². The number of amides is 4. The lowest BCUT2D eigenvalue weighted by atomic mass is 10.2. The Morgan fingerprint density at radius 2 is 1.81 bits per heavy atom. The number of aromatic nitrogens is 1. The molecule has 8 nitrogen and oxygen atoms in total. The van der Waals surface area contributed by atoms with Crippen LogP contribution in [0.3, 0.4) is 0 Å². The van der Waals surface area contributed by atoms with Crippen molar-refractivity contribution in [2.45, 2.75) is 6.92 Å². The molecule has 1 saturated heterocycles. The Bertz CT molecular complexity index is 1200. The number of anilines is 1. The molecule has 0 saturated carbocycles. The second-order valence-corrected chi connectivity index (χ2v) is 7.28. The fourth-order valence-corrected chi connectivity index (χ4v) is 3.45. The maximum Gasteiger partial charge on any atom is 0.329 e. The Balaban J connectivity index is 1.48. The summed E-state index contributed by atoms with van der Waals surface area (Å²) >= 11 is 0. The molecule has 2 aromatic carbocycles. The number of ether oxygens (including phenoxy) is 1. The molecule has 162 valence electrons. The maximum atomic E-state index is 12.7. The molecule has 1 aliphatic rings. The minimum Gasteiger partial charge on any atom is -0.497 e. The highest BCUT2D eigenvalue weighted by Crippen LogP contribution is 2.21. The zero-order chi connectivity index (χ0) is 22.7. The molecule has 8 heteroatoms. The molecule has 1 fully saturated rings. The summed E-state index contributed by atoms with van der Waals surface area (Å²) in [4.78, 5) is 38.1. The Morgan fingerprint density at radius 1 is 1.09 bits per heavy atom. The first kappa shape index (κ1) is 20.9. The van der Waals surface area contributed by atoms with E-state index in [1.54, 1.807) is 37.5 Å². The van der Waals surface area contributed by atoms with E-state index in [9.17, 15) is 14.4 Å². The van der Waals surface area contributed by atoms with Crippen molar-refractivity contribution in [2.75, 3.05) is 19.0 Å². The van der Waals surface area contributed by atoms with Gasteiger partial charge in [0, 0.05) is 23.3 Å². The molecule has 2 N–H and O–H groups in total. The lowest BCUT2D eigenvalue weighted by molar-refractivity contribution is -0.127. The predicted octanol–water partition coefficient (Wildman–Crippen LogP) is 3.33. The van der Waals surface area contributed by atoms with Crippen molar-refractivity contribution in [1.29, 1.82) is 0 Å². The fourth-order valence-electron chi connectivity index (χ4n) is 3.45. The highest BCUT2D eigenvalue weighted by molar-refractivity contribution is 6.15. The fraction of sp³-hybridized carbons (Fsp3) is 0.125. The SMILES string of the molecule is COc1ccc(-n2cc(/C=C3/NC(=O)N(CC(=O)Nc4ccccc4)C3=O)cc2C)cc1. The Labute approximate surface area is 185 Å². The van der Waals surface area contributed by atoms with Crippen LogP contribution in [0.1, 0.15) is 11.3 Å². The summed E-state index contributed by atoms with van der Waals surface area (Å²) in [6.07, 6.45) is 3.47. The van der Waals surface area contributed by atoms with Crippen molar-refractivity contribution >= 4 is 29.6 Å². The number of nitrogens with zero attached hydrogens (tertiary/aromatic N) is 2. The molecule has 0 radical (unpaired) electrons. The van der Waals surface area contributed by atoms with Gasteiger partial charge in [0.2, 0.25) is 5.91 Å². The molecule has 0 spiro atoms. The molecule has 3 aromatic rings. The highest BCUT2D eigenvalue weighted by atomic mass is 16.5. The molecule has 32 heavy (non-hydrogen) atoms. The third-order valence-corrected chi connectivity index (χ3v) is 5.02. The van der Waals surface area contributed by atoms with E-state index in [-0.39, 0.29) is 12.2 Å². The summed E-state index contributed by atoms with van der Waals surface area (Å²) in [5.41, 5.74) is 3.36. The topological polar surface area (TPSA) is 92.7 Å². The summed E-state index contributed by atoms with van der Waals surface area (Å²) in [6, 6.07) is 17.7. The average Bonchev–Trinajstić information content (AvgIpc) is 3.28. The number of imide groups is 1. The number of nitrogens with one attached hydrogen (secondary N) is 2. The second-order valence-electron chi connectivity index (χ2n) is 7.28. The number of benzene rings is 2. The van der Waals surface area contributed by atoms with Crippen LogP contribution in [0.15, 0.2) is 72.6 Å². The van der Waals surface area contributed by atoms with Crippen LogP contribution in [-0.4, -0.2) is 41.0 Å². The second kappa shape index (κ2) is 8.81. The van der Waals surface area contributed by atoms with E-state index in [4.69, 9.17) is 4.74 Å². The van der Waals surface area contributed by atoms with Gasteiger partial charge in [-0.05, 0) is 61.0 Å². The number of carbonyl (C=O) groups excluding carboxylic acids is 3. The van der Waals surface area contributed by atoms with E-state index >= 15 is 0 Å². The van der Waals surface area contributed by atoms with Gasteiger partial charge in [0.15, 0.2) is 0 Å². The highest BCUT2D eigenvalue weighted by Gasteiger charge is 2.35. The van der Waals surface area contributed by atoms with E-state index in [0.29, 0.717) is 5.69 Å². The van der Waals surface area contributed by atoms with Crippen LogP contribution >= 0.6 is 0 Å². The van der Waals surface area contributed by atoms with Crippen molar-refractivity contribution in [1.82, 2.24) is 14.8 Å². The van der Waals surface area contributed by atoms with Gasteiger partial charge in [0.25, 0.3) is 5.91 Å². The van der Waals surface area contributed by atoms with Gasteiger partial charge in [0.05, 0.1) is 7.11 Å². The van der Waals surface area contributed by atoms with Gasteiger partial charge in [-0.2, -0.15) is 0 Å². The van der Waals surface area contributed by atoms with E-state index in [1.165, 1.54) is 0 Å². The van der Waals surface area contributed by atoms with Crippen LogP contribution in [0, 0.1) is 6.92 Å². The van der Waals surface area contributed by atoms with Gasteiger partial charge in [-0.15, -0.1) is 0 Å². The monoisotopic (exact) mass is 430 g/mol. The molecule has 0 bridgehead atoms. The molecule has 4 rings (SSSR count). The summed E-state index contributed by atoms with van der Waals surface area (Å²) in [7, 11) is 1.61. The lowest BCUT2D eigenvalue weighted by Crippen LogP contribution is -2.38. The van der Waals surface area contributed by atoms with Crippen molar-refractivity contribution in [3.8, 4) is 11.4 Å². The van der Waals surface area contributed by atoms with Crippen molar-refractivity contribution in [3.63, 3.8) is 0 Å². The number of hydrogen-bond acceptors (Lipinski definition) is 4. The number of hydrogen-bond donors (Lipinski definition) is 2. The predicted molar refractivity (Wildman–Crippen MR) is 120 cm³/mol. The molecule has 1 aliphatic heterocycles. The van der Waals surface area contributed by atoms with Crippen LogP contribution in [0.25, 0.3) is 11.8 Å². The van der Waals surface area contributed by atoms with Crippen molar-refractivity contribution < 1.29 is 19.1 Å². The third kappa shape index (κ3) is 4.39. The number of rotatable bonds is 6. The van der Waals surface area contributed by atoms with Gasteiger partial charge in [0.1, 0.15) is 18.0 Å². The first-order valence-corrected chi connectivity index (χ1v) is 9.97. The Hall–Kier alpha value is -4.33. The summed E-state index contributed by atoms with van der Waals surface area (Å²) in [6.45, 7) is 1.57. The molecule has 0 aliphatic carbocycles. The summed E-state index contributed by atoms with van der Waals surface area (Å²) < 4.78 is 7.16. The van der Waals surface area contributed by atoms with Crippen LogP contribution in [0.4, 0.5) is 10.5 Å². The standard InChI is InChI=1S/C24H22N4O4/c1-16-12-17(14-27(16)19-8-10-20(32-2)11-9-19)13-21-23(30)28(24(31)26-21)15-22(29)25-18-6-4-3-5-7-18/h3-14H,15H2,1-2H3,(H,25,29)(H,26,31)/b21-13+. The van der Waals surface area contributed by atoms with E-state index in [0.717, 1.165) is 27.6 Å². The molecule has 2 heterocycles. The zero-order valence-corrected chi connectivity index (χ0v) is 17.7. The Morgan fingerprint density at radius 3 is 2.50 bits per heavy atom. The van der Waals surface area contributed by atoms with Gasteiger partial charge < -0.3 is 19.9 Å². The summed E-state index contributed by atoms with van der Waals surface area (Å²) in [5.74, 6) is -0.243. The smallest absolute Gasteiger partial charge is 0.329 e. The number of aryl methyl sites for hydroxylation is 1. The normalized spacial score (nSPS) is 14.6. The lowest BCUT2D eigenvalue weighted by Gasteiger charge is -2.11.